The van der Waals surface area contributed by atoms with Crippen LogP contribution in [0.5, 0.6) is 0 Å². The van der Waals surface area contributed by atoms with Gasteiger partial charge >= 0.3 is 12.4 Å². The molecule has 6 aromatic heterocycles. The quantitative estimate of drug-likeness (QED) is 0.157. The van der Waals surface area contributed by atoms with E-state index in [1.54, 1.807) is 109 Å². The van der Waals surface area contributed by atoms with E-state index in [4.69, 9.17) is 9.97 Å². The maximum absolute atomic E-state index is 13.6. The van der Waals surface area contributed by atoms with Crippen LogP contribution in [0.2, 0.25) is 0 Å². The van der Waals surface area contributed by atoms with E-state index in [-0.39, 0.29) is 23.3 Å². The molecule has 0 aliphatic heterocycles. The molecule has 0 saturated carbocycles. The number of rotatable bonds is 7. The van der Waals surface area contributed by atoms with Crippen molar-refractivity contribution in [3.63, 3.8) is 0 Å². The lowest BCUT2D eigenvalue weighted by molar-refractivity contribution is -0.142. The molecule has 0 fully saturated rings. The van der Waals surface area contributed by atoms with Crippen LogP contribution in [0.4, 0.5) is 43.7 Å². The maximum Gasteiger partial charge on any atom is 0.435 e. The van der Waals surface area contributed by atoms with Gasteiger partial charge in [-0.1, -0.05) is 18.2 Å². The largest absolute Gasteiger partial charge is 0.435 e. The fourth-order valence-corrected chi connectivity index (χ4v) is 5.13. The van der Waals surface area contributed by atoms with Gasteiger partial charge in [-0.15, -0.1) is 0 Å². The second kappa shape index (κ2) is 12.3. The molecule has 6 heterocycles. The maximum atomic E-state index is 13.6. The molecular weight excluding hydrogens is 648 g/mol. The summed E-state index contributed by atoms with van der Waals surface area (Å²) in [5, 5.41) is 7.55. The summed E-state index contributed by atoms with van der Waals surface area (Å²) >= 11 is 0. The predicted octanol–water partition coefficient (Wildman–Crippen LogP) is 8.48. The first-order chi connectivity index (χ1) is 23.6. The molecule has 0 bridgehead atoms. The summed E-state index contributed by atoms with van der Waals surface area (Å²) in [4.78, 5) is 19.3. The summed E-state index contributed by atoms with van der Waals surface area (Å²) < 4.78 is 83.7. The second-order valence-corrected chi connectivity index (χ2v) is 10.5. The van der Waals surface area contributed by atoms with Crippen molar-refractivity contribution in [3.05, 3.63) is 140 Å². The van der Waals surface area contributed by atoms with Crippen LogP contribution < -0.4 is 4.90 Å². The average Bonchev–Trinajstić information content (AvgIpc) is 3.82. The minimum atomic E-state index is -4.69. The van der Waals surface area contributed by atoms with Gasteiger partial charge in [-0.2, -0.15) is 36.5 Å². The minimum absolute atomic E-state index is 0.0793. The van der Waals surface area contributed by atoms with Crippen molar-refractivity contribution in [2.75, 3.05) is 4.90 Å². The summed E-state index contributed by atoms with van der Waals surface area (Å²) in [5.74, 6) is 0.621. The van der Waals surface area contributed by atoms with Crippen molar-refractivity contribution in [2.24, 2.45) is 0 Å². The molecule has 0 spiro atoms. The number of halogens is 6. The zero-order valence-electron chi connectivity index (χ0n) is 24.9. The molecule has 15 heteroatoms. The van der Waals surface area contributed by atoms with Crippen LogP contribution in [0.25, 0.3) is 33.9 Å². The molecule has 0 N–H and O–H groups in total. The molecule has 244 valence electrons. The van der Waals surface area contributed by atoms with Crippen LogP contribution >= 0.6 is 0 Å². The molecule has 1 aromatic carbocycles. The fraction of sp³-hybridized carbons (Fsp3) is 0.0588. The van der Waals surface area contributed by atoms with Crippen molar-refractivity contribution in [1.82, 2.24) is 39.5 Å². The van der Waals surface area contributed by atoms with Crippen LogP contribution in [0.15, 0.2) is 128 Å². The number of alkyl halides is 6. The lowest BCUT2D eigenvalue weighted by Crippen LogP contribution is -2.16. The Morgan fingerprint density at radius 1 is 0.490 bits per heavy atom. The Bertz CT molecular complexity index is 2080. The van der Waals surface area contributed by atoms with Crippen LogP contribution in [-0.2, 0) is 12.4 Å². The molecule has 49 heavy (non-hydrogen) atoms. The lowest BCUT2D eigenvalue weighted by Gasteiger charge is -2.25. The standard InChI is InChI=1S/C34H21F6N9/c35-33(36,37)27-14-20-47(45-27)31-25(22-10-16-41-17-11-22)6-8-29(43-31)49(24-4-2-1-3-5-24)30-9-7-26(23-12-18-42-19-13-23)32(44-30)48-21-15-28(46-48)34(38,39)40/h1-21H. The van der Waals surface area contributed by atoms with E-state index in [1.165, 1.54) is 12.4 Å². The van der Waals surface area contributed by atoms with Crippen LogP contribution in [-0.4, -0.2) is 39.5 Å². The molecule has 0 aliphatic rings. The summed E-state index contributed by atoms with van der Waals surface area (Å²) in [6.07, 6.45) is -0.863. The smallest absolute Gasteiger partial charge is 0.279 e. The molecule has 9 nitrogen and oxygen atoms in total. The normalized spacial score (nSPS) is 11.9. The summed E-state index contributed by atoms with van der Waals surface area (Å²) in [5.41, 5.74) is 0.538. The number of hydrogen-bond donors (Lipinski definition) is 0. The van der Waals surface area contributed by atoms with Gasteiger partial charge in [-0.3, -0.25) is 14.9 Å². The SMILES string of the molecule is FC(F)(F)c1ccn(-c2nc(N(c3ccccc3)c3ccc(-c4ccncc4)c(-n4ccc(C(F)(F)F)n4)n3)ccc2-c2ccncc2)n1. The Morgan fingerprint density at radius 3 is 1.31 bits per heavy atom. The van der Waals surface area contributed by atoms with Crippen molar-refractivity contribution < 1.29 is 26.3 Å². The lowest BCUT2D eigenvalue weighted by atomic mass is 10.1. The van der Waals surface area contributed by atoms with Crippen molar-refractivity contribution in [2.45, 2.75) is 12.4 Å². The van der Waals surface area contributed by atoms with Gasteiger partial charge in [0.1, 0.15) is 11.6 Å². The van der Waals surface area contributed by atoms with E-state index in [2.05, 4.69) is 20.2 Å². The van der Waals surface area contributed by atoms with Crippen LogP contribution in [0.3, 0.4) is 0 Å². The molecule has 7 aromatic rings. The molecule has 0 saturated heterocycles. The van der Waals surface area contributed by atoms with E-state index >= 15 is 0 Å². The summed E-state index contributed by atoms with van der Waals surface area (Å²) in [6, 6.07) is 24.0. The van der Waals surface area contributed by atoms with Gasteiger partial charge in [-0.05, 0) is 83.9 Å². The van der Waals surface area contributed by atoms with Crippen molar-refractivity contribution >= 4 is 17.3 Å². The zero-order chi connectivity index (χ0) is 34.2. The first kappa shape index (κ1) is 31.2. The Kier molecular flexibility index (Phi) is 7.86. The number of anilines is 3. The van der Waals surface area contributed by atoms with Gasteiger partial charge in [0.05, 0.1) is 0 Å². The number of aromatic nitrogens is 8. The van der Waals surface area contributed by atoms with Gasteiger partial charge in [0.15, 0.2) is 23.0 Å². The van der Waals surface area contributed by atoms with Gasteiger partial charge < -0.3 is 0 Å². The second-order valence-electron chi connectivity index (χ2n) is 10.5. The Labute approximate surface area is 273 Å². The third-order valence-electron chi connectivity index (χ3n) is 7.37. The first-order valence-electron chi connectivity index (χ1n) is 14.5. The van der Waals surface area contributed by atoms with Gasteiger partial charge in [0.25, 0.3) is 0 Å². The molecule has 7 rings (SSSR count). The number of para-hydroxylation sites is 1. The van der Waals surface area contributed by atoms with Crippen molar-refractivity contribution in [1.29, 1.82) is 0 Å². The predicted molar refractivity (Wildman–Crippen MR) is 167 cm³/mol. The van der Waals surface area contributed by atoms with Gasteiger partial charge in [0.2, 0.25) is 0 Å². The topological polar surface area (TPSA) is 90.4 Å². The number of hydrogen-bond acceptors (Lipinski definition) is 7. The average molecular weight is 670 g/mol. The van der Waals surface area contributed by atoms with Crippen LogP contribution in [0, 0.1) is 0 Å². The molecule has 0 atom stereocenters. The van der Waals surface area contributed by atoms with Gasteiger partial charge in [0, 0.05) is 54.0 Å². The Morgan fingerprint density at radius 2 is 0.918 bits per heavy atom. The summed E-state index contributed by atoms with van der Waals surface area (Å²) in [6.45, 7) is 0. The number of nitrogens with zero attached hydrogens (tertiary/aromatic N) is 9. The van der Waals surface area contributed by atoms with Gasteiger partial charge in [-0.25, -0.2) is 19.3 Å². The minimum Gasteiger partial charge on any atom is -0.279 e. The Balaban J connectivity index is 1.44. The molecular formula is C34H21F6N9. The third kappa shape index (κ3) is 6.33. The van der Waals surface area contributed by atoms with E-state index in [1.807, 2.05) is 0 Å². The summed E-state index contributed by atoms with van der Waals surface area (Å²) in [7, 11) is 0. The van der Waals surface area contributed by atoms with E-state index in [0.29, 0.717) is 27.9 Å². The molecule has 0 unspecified atom stereocenters. The number of benzene rings is 1. The van der Waals surface area contributed by atoms with Crippen molar-refractivity contribution in [3.8, 4) is 33.9 Å². The van der Waals surface area contributed by atoms with E-state index < -0.39 is 23.7 Å². The van der Waals surface area contributed by atoms with Crippen LogP contribution in [0.1, 0.15) is 11.4 Å². The van der Waals surface area contributed by atoms with E-state index in [0.717, 1.165) is 21.5 Å². The highest BCUT2D eigenvalue weighted by Crippen LogP contribution is 2.38. The number of pyridine rings is 4. The van der Waals surface area contributed by atoms with E-state index in [9.17, 15) is 26.3 Å². The highest BCUT2D eigenvalue weighted by molar-refractivity contribution is 5.79. The molecule has 0 radical (unpaired) electrons. The fourth-order valence-electron chi connectivity index (χ4n) is 5.13. The molecule has 0 aliphatic carbocycles. The Hall–Kier alpha value is -6.38. The first-order valence-corrected chi connectivity index (χ1v) is 14.5. The third-order valence-corrected chi connectivity index (χ3v) is 7.37. The highest BCUT2D eigenvalue weighted by atomic mass is 19.4. The monoisotopic (exact) mass is 669 g/mol. The zero-order valence-corrected chi connectivity index (χ0v) is 24.9. The highest BCUT2D eigenvalue weighted by Gasteiger charge is 2.35. The molecule has 0 amide bonds.